The van der Waals surface area contributed by atoms with Crippen molar-refractivity contribution in [3.05, 3.63) is 34.4 Å². The lowest BCUT2D eigenvalue weighted by atomic mass is 9.98. The number of nitrogens with two attached hydrogens (primary N) is 1. The summed E-state index contributed by atoms with van der Waals surface area (Å²) in [6, 6.07) is 1.93. The molecule has 0 spiro atoms. The minimum Gasteiger partial charge on any atom is -0.359 e. The van der Waals surface area contributed by atoms with Gasteiger partial charge < -0.3 is 15.2 Å². The molecule has 4 rings (SSSR count). The summed E-state index contributed by atoms with van der Waals surface area (Å²) in [7, 11) is 0. The van der Waals surface area contributed by atoms with Crippen molar-refractivity contribution < 1.29 is 9.32 Å². The van der Waals surface area contributed by atoms with Crippen LogP contribution in [0.15, 0.2) is 27.5 Å². The van der Waals surface area contributed by atoms with Crippen LogP contribution in [0.5, 0.6) is 0 Å². The van der Waals surface area contributed by atoms with E-state index in [1.54, 1.807) is 16.9 Å². The van der Waals surface area contributed by atoms with Crippen LogP contribution in [-0.4, -0.2) is 44.9 Å². The summed E-state index contributed by atoms with van der Waals surface area (Å²) in [6.07, 6.45) is 5.74. The molecule has 1 aliphatic heterocycles. The van der Waals surface area contributed by atoms with Crippen molar-refractivity contribution in [2.24, 2.45) is 17.6 Å². The number of carbonyl (C=O) groups excluding carboxylic acids is 1. The normalized spacial score (nSPS) is 25.6. The molecular formula is C15H19BrClN5O2. The number of hydrogen-bond donors (Lipinski definition) is 1. The highest BCUT2D eigenvalue weighted by Gasteiger charge is 2.43. The lowest BCUT2D eigenvalue weighted by molar-refractivity contribution is 0.0769. The van der Waals surface area contributed by atoms with Crippen LogP contribution in [0.2, 0.25) is 0 Å². The van der Waals surface area contributed by atoms with Crippen molar-refractivity contribution in [3.63, 3.8) is 0 Å². The van der Waals surface area contributed by atoms with Crippen LogP contribution >= 0.6 is 28.3 Å². The Kier molecular flexibility index (Phi) is 4.98. The predicted octanol–water partition coefficient (Wildman–Crippen LogP) is 1.91. The van der Waals surface area contributed by atoms with Gasteiger partial charge in [0.05, 0.1) is 10.7 Å². The molecule has 1 aliphatic carbocycles. The average molecular weight is 417 g/mol. The van der Waals surface area contributed by atoms with Gasteiger partial charge in [-0.3, -0.25) is 9.48 Å². The minimum absolute atomic E-state index is 0. The first-order valence-corrected chi connectivity index (χ1v) is 8.58. The Bertz CT molecular complexity index is 733. The Balaban J connectivity index is 0.00000169. The smallest absolute Gasteiger partial charge is 0.276 e. The first-order chi connectivity index (χ1) is 11.1. The topological polar surface area (TPSA) is 90.2 Å². The number of rotatable bonds is 3. The van der Waals surface area contributed by atoms with Gasteiger partial charge >= 0.3 is 0 Å². The summed E-state index contributed by atoms with van der Waals surface area (Å²) in [5.74, 6) is 1.52. The Morgan fingerprint density at radius 1 is 1.42 bits per heavy atom. The Labute approximate surface area is 154 Å². The molecule has 2 aliphatic rings. The first kappa shape index (κ1) is 17.4. The van der Waals surface area contributed by atoms with Gasteiger partial charge in [-0.25, -0.2) is 0 Å². The van der Waals surface area contributed by atoms with Gasteiger partial charge in [-0.15, -0.1) is 12.4 Å². The summed E-state index contributed by atoms with van der Waals surface area (Å²) < 4.78 is 7.89. The first-order valence-electron chi connectivity index (χ1n) is 7.78. The van der Waals surface area contributed by atoms with Crippen LogP contribution in [0, 0.1) is 11.8 Å². The zero-order valence-corrected chi connectivity index (χ0v) is 15.4. The van der Waals surface area contributed by atoms with Gasteiger partial charge in [0.2, 0.25) is 0 Å². The lowest BCUT2D eigenvalue weighted by Crippen LogP contribution is -2.33. The molecule has 2 aromatic rings. The van der Waals surface area contributed by atoms with Crippen molar-refractivity contribution in [1.82, 2.24) is 19.8 Å². The number of nitrogens with zero attached hydrogens (tertiary/aromatic N) is 4. The largest absolute Gasteiger partial charge is 0.359 e. The highest BCUT2D eigenvalue weighted by molar-refractivity contribution is 9.10. The highest BCUT2D eigenvalue weighted by Crippen LogP contribution is 2.37. The third-order valence-electron chi connectivity index (χ3n) is 4.90. The number of fused-ring (bicyclic) bond motifs is 1. The zero-order chi connectivity index (χ0) is 16.0. The van der Waals surface area contributed by atoms with Gasteiger partial charge in [0.15, 0.2) is 11.5 Å². The van der Waals surface area contributed by atoms with Crippen LogP contribution in [-0.2, 0) is 6.54 Å². The summed E-state index contributed by atoms with van der Waals surface area (Å²) in [4.78, 5) is 14.4. The molecule has 3 unspecified atom stereocenters. The van der Waals surface area contributed by atoms with E-state index in [-0.39, 0.29) is 24.4 Å². The number of hydrogen-bond acceptors (Lipinski definition) is 5. The van der Waals surface area contributed by atoms with E-state index in [1.165, 1.54) is 0 Å². The Hall–Kier alpha value is -1.38. The van der Waals surface area contributed by atoms with Crippen molar-refractivity contribution >= 4 is 34.2 Å². The van der Waals surface area contributed by atoms with Gasteiger partial charge in [0, 0.05) is 31.4 Å². The van der Waals surface area contributed by atoms with Crippen LogP contribution in [0.1, 0.15) is 29.1 Å². The fourth-order valence-electron chi connectivity index (χ4n) is 3.71. The molecule has 2 fully saturated rings. The lowest BCUT2D eigenvalue weighted by Gasteiger charge is -2.17. The zero-order valence-electron chi connectivity index (χ0n) is 13.0. The van der Waals surface area contributed by atoms with Crippen LogP contribution < -0.4 is 5.73 Å². The van der Waals surface area contributed by atoms with Crippen molar-refractivity contribution in [2.75, 3.05) is 13.1 Å². The predicted molar refractivity (Wildman–Crippen MR) is 92.9 cm³/mol. The van der Waals surface area contributed by atoms with Crippen molar-refractivity contribution in [1.29, 1.82) is 0 Å². The SMILES string of the molecule is Cl.NC1CCC2CN(C(=O)c3cc(Cn4cc(Br)cn4)on3)CC12. The number of aromatic nitrogens is 3. The second kappa shape index (κ2) is 6.85. The van der Waals surface area contributed by atoms with Gasteiger partial charge in [-0.2, -0.15) is 5.10 Å². The molecule has 24 heavy (non-hydrogen) atoms. The fraction of sp³-hybridized carbons (Fsp3) is 0.533. The fourth-order valence-corrected chi connectivity index (χ4v) is 4.04. The minimum atomic E-state index is -0.0664. The van der Waals surface area contributed by atoms with E-state index in [1.807, 2.05) is 11.1 Å². The van der Waals surface area contributed by atoms with E-state index in [9.17, 15) is 4.79 Å². The molecule has 3 atom stereocenters. The molecule has 2 aromatic heterocycles. The molecule has 1 saturated carbocycles. The molecule has 0 radical (unpaired) electrons. The van der Waals surface area contributed by atoms with E-state index in [0.29, 0.717) is 29.8 Å². The van der Waals surface area contributed by atoms with Gasteiger partial charge in [0.25, 0.3) is 5.91 Å². The van der Waals surface area contributed by atoms with E-state index in [0.717, 1.165) is 30.4 Å². The van der Waals surface area contributed by atoms with Gasteiger partial charge in [-0.1, -0.05) is 5.16 Å². The number of likely N-dealkylation sites (tertiary alicyclic amines) is 1. The second-order valence-corrected chi connectivity index (χ2v) is 7.33. The maximum atomic E-state index is 12.6. The second-order valence-electron chi connectivity index (χ2n) is 6.41. The third kappa shape index (κ3) is 3.22. The van der Waals surface area contributed by atoms with Gasteiger partial charge in [-0.05, 0) is 40.6 Å². The van der Waals surface area contributed by atoms with Gasteiger partial charge in [0.1, 0.15) is 6.54 Å². The standard InChI is InChI=1S/C15H18BrN5O2.ClH/c16-10-4-18-21(6-10)7-11-3-14(19-23-11)15(22)20-5-9-1-2-13(17)12(9)8-20;/h3-4,6,9,12-13H,1-2,5,7-8,17H2;1H. The monoisotopic (exact) mass is 415 g/mol. The third-order valence-corrected chi connectivity index (χ3v) is 5.31. The van der Waals surface area contributed by atoms with Crippen LogP contribution in [0.4, 0.5) is 0 Å². The van der Waals surface area contributed by atoms with Crippen LogP contribution in [0.3, 0.4) is 0 Å². The Morgan fingerprint density at radius 3 is 2.96 bits per heavy atom. The maximum Gasteiger partial charge on any atom is 0.276 e. The molecule has 130 valence electrons. The van der Waals surface area contributed by atoms with E-state index >= 15 is 0 Å². The summed E-state index contributed by atoms with van der Waals surface area (Å²) >= 11 is 3.35. The molecule has 7 nitrogen and oxygen atoms in total. The van der Waals surface area contributed by atoms with Crippen molar-refractivity contribution in [2.45, 2.75) is 25.4 Å². The molecule has 1 saturated heterocycles. The molecule has 9 heteroatoms. The van der Waals surface area contributed by atoms with Crippen molar-refractivity contribution in [3.8, 4) is 0 Å². The number of amides is 1. The maximum absolute atomic E-state index is 12.6. The number of carbonyl (C=O) groups is 1. The van der Waals surface area contributed by atoms with E-state index in [2.05, 4.69) is 26.2 Å². The summed E-state index contributed by atoms with van der Waals surface area (Å²) in [5, 5.41) is 8.09. The van der Waals surface area contributed by atoms with E-state index in [4.69, 9.17) is 10.3 Å². The molecule has 3 heterocycles. The molecule has 1 amide bonds. The molecule has 0 bridgehead atoms. The quantitative estimate of drug-likeness (QED) is 0.825. The molecular weight excluding hydrogens is 398 g/mol. The molecule has 0 aromatic carbocycles. The summed E-state index contributed by atoms with van der Waals surface area (Å²) in [6.45, 7) is 1.96. The number of halogens is 2. The average Bonchev–Trinajstić information content (AvgIpc) is 3.27. The molecule has 2 N–H and O–H groups in total. The Morgan fingerprint density at radius 2 is 2.25 bits per heavy atom. The summed E-state index contributed by atoms with van der Waals surface area (Å²) in [5.41, 5.74) is 6.49. The van der Waals surface area contributed by atoms with Crippen LogP contribution in [0.25, 0.3) is 0 Å². The van der Waals surface area contributed by atoms with E-state index < -0.39 is 0 Å². The highest BCUT2D eigenvalue weighted by atomic mass is 79.9.